The van der Waals surface area contributed by atoms with Crippen LogP contribution in [0.5, 0.6) is 11.5 Å². The lowest BCUT2D eigenvalue weighted by Gasteiger charge is -2.34. The standard InChI is InChI=1S/C27H33N5O4.ClH/c1-18-12-19(6-9-28-18)13-20-7-11-32-23(14-20)24(16-29-32)30-10-8-26(33)31(27(30)34)17-21-4-5-22(35-2)15-25(21)36-3;/h4-5,7,11,14-16,18-19,28H,6,8-10,12-13,17H2,1-3H3;1H/t18-,19+;/m0./s1. The van der Waals surface area contributed by atoms with Crippen molar-refractivity contribution < 1.29 is 19.1 Å². The third-order valence-electron chi connectivity index (χ3n) is 7.25. The lowest BCUT2D eigenvalue weighted by Crippen LogP contribution is -2.52. The summed E-state index contributed by atoms with van der Waals surface area (Å²) in [7, 11) is 3.14. The van der Waals surface area contributed by atoms with Gasteiger partial charge < -0.3 is 14.8 Å². The first-order chi connectivity index (χ1) is 17.5. The molecule has 5 rings (SSSR count). The average Bonchev–Trinajstić information content (AvgIpc) is 3.29. The second-order valence-electron chi connectivity index (χ2n) is 9.69. The third-order valence-corrected chi connectivity index (χ3v) is 7.25. The number of fused-ring (bicyclic) bond motifs is 1. The van der Waals surface area contributed by atoms with Crippen LogP contribution in [-0.4, -0.2) is 59.8 Å². The number of carbonyl (C=O) groups is 2. The summed E-state index contributed by atoms with van der Waals surface area (Å²) in [4.78, 5) is 29.3. The number of hydrogen-bond donors (Lipinski definition) is 1. The molecule has 198 valence electrons. The Kier molecular flexibility index (Phi) is 8.24. The maximum Gasteiger partial charge on any atom is 0.331 e. The SMILES string of the molecule is COc1ccc(CN2C(=O)CCN(c3cnn4ccc(C[C@@H]5CCN[C@@H](C)C5)cc34)C2=O)c(OC)c1.Cl. The number of pyridine rings is 1. The number of ether oxygens (including phenoxy) is 2. The fourth-order valence-corrected chi connectivity index (χ4v) is 5.32. The summed E-state index contributed by atoms with van der Waals surface area (Å²) >= 11 is 0. The fraction of sp³-hybridized carbons (Fsp3) is 0.444. The predicted octanol–water partition coefficient (Wildman–Crippen LogP) is 4.06. The minimum absolute atomic E-state index is 0. The Labute approximate surface area is 223 Å². The Morgan fingerprint density at radius 3 is 2.73 bits per heavy atom. The largest absolute Gasteiger partial charge is 0.497 e. The van der Waals surface area contributed by atoms with E-state index in [1.54, 1.807) is 42.0 Å². The molecular weight excluding hydrogens is 494 g/mol. The first-order valence-corrected chi connectivity index (χ1v) is 12.5. The zero-order valence-corrected chi connectivity index (χ0v) is 22.3. The van der Waals surface area contributed by atoms with E-state index in [1.165, 1.54) is 10.5 Å². The van der Waals surface area contributed by atoms with Crippen LogP contribution in [0.25, 0.3) is 5.52 Å². The van der Waals surface area contributed by atoms with Gasteiger partial charge in [-0.15, -0.1) is 12.4 Å². The lowest BCUT2D eigenvalue weighted by atomic mass is 9.88. The normalized spacial score (nSPS) is 20.2. The van der Waals surface area contributed by atoms with Gasteiger partial charge in [0.25, 0.3) is 0 Å². The van der Waals surface area contributed by atoms with E-state index >= 15 is 0 Å². The molecule has 3 amide bonds. The number of anilines is 1. The molecule has 2 saturated heterocycles. The number of imide groups is 1. The molecule has 2 atom stereocenters. The van der Waals surface area contributed by atoms with E-state index in [-0.39, 0.29) is 37.3 Å². The number of rotatable bonds is 7. The number of urea groups is 1. The predicted molar refractivity (Wildman–Crippen MR) is 144 cm³/mol. The van der Waals surface area contributed by atoms with Crippen molar-refractivity contribution in [2.24, 2.45) is 5.92 Å². The number of benzene rings is 1. The van der Waals surface area contributed by atoms with Crippen molar-refractivity contribution in [2.45, 2.75) is 45.2 Å². The number of carbonyl (C=O) groups excluding carboxylic acids is 2. The van der Waals surface area contributed by atoms with Gasteiger partial charge in [-0.05, 0) is 68.5 Å². The van der Waals surface area contributed by atoms with Gasteiger partial charge in [0.05, 0.1) is 38.2 Å². The molecule has 37 heavy (non-hydrogen) atoms. The Hall–Kier alpha value is -3.30. The molecule has 2 fully saturated rings. The van der Waals surface area contributed by atoms with Gasteiger partial charge in [-0.3, -0.25) is 14.6 Å². The van der Waals surface area contributed by atoms with Crippen molar-refractivity contribution in [3.05, 3.63) is 53.9 Å². The Balaban J connectivity index is 0.00000320. The van der Waals surface area contributed by atoms with Gasteiger partial charge in [-0.1, -0.05) is 0 Å². The number of aromatic nitrogens is 2. The number of nitrogens with zero attached hydrogens (tertiary/aromatic N) is 4. The number of nitrogens with one attached hydrogen (secondary N) is 1. The smallest absolute Gasteiger partial charge is 0.331 e. The molecule has 9 nitrogen and oxygen atoms in total. The Bertz CT molecular complexity index is 1280. The van der Waals surface area contributed by atoms with Gasteiger partial charge in [0.2, 0.25) is 5.91 Å². The van der Waals surface area contributed by atoms with Crippen molar-refractivity contribution in [3.63, 3.8) is 0 Å². The summed E-state index contributed by atoms with van der Waals surface area (Å²) in [6, 6.07) is 9.80. The van der Waals surface area contributed by atoms with Crippen molar-refractivity contribution in [1.29, 1.82) is 0 Å². The van der Waals surface area contributed by atoms with Crippen LogP contribution >= 0.6 is 12.4 Å². The summed E-state index contributed by atoms with van der Waals surface area (Å²) in [5, 5.41) is 7.99. The van der Waals surface area contributed by atoms with Crippen LogP contribution in [0, 0.1) is 5.92 Å². The van der Waals surface area contributed by atoms with E-state index in [1.807, 2.05) is 12.3 Å². The summed E-state index contributed by atoms with van der Waals surface area (Å²) < 4.78 is 12.5. The Morgan fingerprint density at radius 2 is 1.97 bits per heavy atom. The van der Waals surface area contributed by atoms with Crippen molar-refractivity contribution in [3.8, 4) is 11.5 Å². The molecular formula is C27H34ClN5O4. The van der Waals surface area contributed by atoms with Crippen molar-refractivity contribution in [2.75, 3.05) is 32.2 Å². The van der Waals surface area contributed by atoms with E-state index in [2.05, 4.69) is 29.5 Å². The van der Waals surface area contributed by atoms with E-state index in [9.17, 15) is 9.59 Å². The summed E-state index contributed by atoms with van der Waals surface area (Å²) in [5.41, 5.74) is 3.57. The lowest BCUT2D eigenvalue weighted by molar-refractivity contribution is -0.129. The highest BCUT2D eigenvalue weighted by molar-refractivity contribution is 6.07. The molecule has 2 aliphatic rings. The molecule has 1 aromatic carbocycles. The number of amides is 3. The van der Waals surface area contributed by atoms with E-state index in [0.717, 1.165) is 42.6 Å². The van der Waals surface area contributed by atoms with Gasteiger partial charge >= 0.3 is 6.03 Å². The number of hydrogen-bond acceptors (Lipinski definition) is 6. The van der Waals surface area contributed by atoms with Crippen molar-refractivity contribution in [1.82, 2.24) is 19.8 Å². The molecule has 1 N–H and O–H groups in total. The van der Waals surface area contributed by atoms with Crippen LogP contribution in [-0.2, 0) is 17.8 Å². The molecule has 0 bridgehead atoms. The molecule has 0 aliphatic carbocycles. The molecule has 4 heterocycles. The van der Waals surface area contributed by atoms with Gasteiger partial charge in [0.15, 0.2) is 0 Å². The molecule has 0 radical (unpaired) electrons. The summed E-state index contributed by atoms with van der Waals surface area (Å²) in [5.74, 6) is 1.65. The second kappa shape index (κ2) is 11.4. The van der Waals surface area contributed by atoms with Gasteiger partial charge in [0.1, 0.15) is 11.5 Å². The first-order valence-electron chi connectivity index (χ1n) is 12.5. The van der Waals surface area contributed by atoms with Crippen LogP contribution in [0.1, 0.15) is 37.3 Å². The molecule has 2 aromatic heterocycles. The maximum absolute atomic E-state index is 13.6. The quantitative estimate of drug-likeness (QED) is 0.498. The molecule has 0 unspecified atom stereocenters. The highest BCUT2D eigenvalue weighted by Crippen LogP contribution is 2.31. The zero-order chi connectivity index (χ0) is 25.2. The van der Waals surface area contributed by atoms with Crippen LogP contribution in [0.3, 0.4) is 0 Å². The van der Waals surface area contributed by atoms with Crippen LogP contribution in [0.15, 0.2) is 42.7 Å². The number of piperidine rings is 1. The second-order valence-corrected chi connectivity index (χ2v) is 9.69. The average molecular weight is 528 g/mol. The molecule has 0 spiro atoms. The van der Waals surface area contributed by atoms with Crippen molar-refractivity contribution >= 4 is 35.5 Å². The highest BCUT2D eigenvalue weighted by atomic mass is 35.5. The Morgan fingerprint density at radius 1 is 1.14 bits per heavy atom. The minimum Gasteiger partial charge on any atom is -0.497 e. The van der Waals surface area contributed by atoms with Gasteiger partial charge in [-0.25, -0.2) is 9.31 Å². The number of halogens is 1. The monoisotopic (exact) mass is 527 g/mol. The highest BCUT2D eigenvalue weighted by Gasteiger charge is 2.35. The molecule has 0 saturated carbocycles. The first kappa shape index (κ1) is 26.8. The third kappa shape index (κ3) is 5.52. The fourth-order valence-electron chi connectivity index (χ4n) is 5.32. The van der Waals surface area contributed by atoms with Gasteiger partial charge in [0, 0.05) is 36.8 Å². The van der Waals surface area contributed by atoms with E-state index in [0.29, 0.717) is 30.0 Å². The minimum atomic E-state index is -0.350. The number of methoxy groups -OCH3 is 2. The van der Waals surface area contributed by atoms with Crippen LogP contribution < -0.4 is 19.7 Å². The van der Waals surface area contributed by atoms with Crippen LogP contribution in [0.2, 0.25) is 0 Å². The van der Waals surface area contributed by atoms with E-state index < -0.39 is 0 Å². The molecule has 2 aliphatic heterocycles. The van der Waals surface area contributed by atoms with E-state index in [4.69, 9.17) is 9.47 Å². The van der Waals surface area contributed by atoms with Gasteiger partial charge in [-0.2, -0.15) is 5.10 Å². The zero-order valence-electron chi connectivity index (χ0n) is 21.5. The van der Waals surface area contributed by atoms with Crippen LogP contribution in [0.4, 0.5) is 10.5 Å². The summed E-state index contributed by atoms with van der Waals surface area (Å²) in [6.07, 6.45) is 7.24. The topological polar surface area (TPSA) is 88.4 Å². The molecule has 10 heteroatoms. The maximum atomic E-state index is 13.6. The molecule has 3 aromatic rings. The summed E-state index contributed by atoms with van der Waals surface area (Å²) in [6.45, 7) is 3.74.